The Bertz CT molecular complexity index is 255. The predicted octanol–water partition coefficient (Wildman–Crippen LogP) is 1.66. The fraction of sp³-hybridized carbons (Fsp3) is 0.636. The van der Waals surface area contributed by atoms with Gasteiger partial charge in [-0.1, -0.05) is 18.2 Å². The second kappa shape index (κ2) is 3.28. The molecule has 3 aliphatic carbocycles. The van der Waals surface area contributed by atoms with Crippen LogP contribution in [0.4, 0.5) is 0 Å². The van der Waals surface area contributed by atoms with Crippen LogP contribution >= 0.6 is 0 Å². The van der Waals surface area contributed by atoms with E-state index in [-0.39, 0.29) is 12.2 Å². The summed E-state index contributed by atoms with van der Waals surface area (Å²) in [7, 11) is 1.75. The third-order valence-electron chi connectivity index (χ3n) is 3.25. The van der Waals surface area contributed by atoms with Crippen LogP contribution in [-0.4, -0.2) is 24.4 Å². The standard InChI is InChI=1S/C11H16O2/c1-13-11-5-2-9(3-6-11)8-10(11)4-7-12/h2,4-5,9,12H,3,6-8H2,1H3/b10-4+. The summed E-state index contributed by atoms with van der Waals surface area (Å²) in [5, 5.41) is 8.90. The van der Waals surface area contributed by atoms with Crippen molar-refractivity contribution in [3.63, 3.8) is 0 Å². The van der Waals surface area contributed by atoms with Gasteiger partial charge in [0.2, 0.25) is 0 Å². The summed E-state index contributed by atoms with van der Waals surface area (Å²) in [6, 6.07) is 0. The molecule has 0 radical (unpaired) electrons. The molecule has 2 nitrogen and oxygen atoms in total. The normalized spacial score (nSPS) is 40.2. The average molecular weight is 180 g/mol. The van der Waals surface area contributed by atoms with Gasteiger partial charge in [0.25, 0.3) is 0 Å². The summed E-state index contributed by atoms with van der Waals surface area (Å²) in [6.45, 7) is 0.126. The topological polar surface area (TPSA) is 29.5 Å². The number of aliphatic hydroxyl groups excluding tert-OH is 1. The number of fused-ring (bicyclic) bond motifs is 2. The first kappa shape index (κ1) is 8.97. The van der Waals surface area contributed by atoms with E-state index in [1.807, 2.05) is 6.08 Å². The van der Waals surface area contributed by atoms with Crippen molar-refractivity contribution in [1.29, 1.82) is 0 Å². The lowest BCUT2D eigenvalue weighted by molar-refractivity contribution is 0.0274. The van der Waals surface area contributed by atoms with Crippen LogP contribution in [0.3, 0.4) is 0 Å². The highest BCUT2D eigenvalue weighted by Crippen LogP contribution is 2.44. The van der Waals surface area contributed by atoms with E-state index >= 15 is 0 Å². The highest BCUT2D eigenvalue weighted by molar-refractivity contribution is 5.33. The molecule has 3 rings (SSSR count). The van der Waals surface area contributed by atoms with Crippen molar-refractivity contribution in [3.05, 3.63) is 23.8 Å². The molecule has 13 heavy (non-hydrogen) atoms. The maximum Gasteiger partial charge on any atom is 0.107 e. The third kappa shape index (κ3) is 1.34. The van der Waals surface area contributed by atoms with Crippen LogP contribution in [0.15, 0.2) is 23.8 Å². The van der Waals surface area contributed by atoms with Gasteiger partial charge in [0.15, 0.2) is 0 Å². The molecule has 0 amide bonds. The van der Waals surface area contributed by atoms with E-state index in [0.29, 0.717) is 5.92 Å². The monoisotopic (exact) mass is 180 g/mol. The molecule has 0 aromatic carbocycles. The van der Waals surface area contributed by atoms with Crippen LogP contribution < -0.4 is 0 Å². The van der Waals surface area contributed by atoms with E-state index in [1.165, 1.54) is 12.0 Å². The predicted molar refractivity (Wildman–Crippen MR) is 51.4 cm³/mol. The minimum absolute atomic E-state index is 0.126. The average Bonchev–Trinajstić information content (AvgIpc) is 2.20. The number of ether oxygens (including phenoxy) is 1. The summed E-state index contributed by atoms with van der Waals surface area (Å²) in [5.74, 6) is 0.676. The van der Waals surface area contributed by atoms with Crippen molar-refractivity contribution >= 4 is 0 Å². The van der Waals surface area contributed by atoms with E-state index in [1.54, 1.807) is 7.11 Å². The number of hydrogen-bond acceptors (Lipinski definition) is 2. The van der Waals surface area contributed by atoms with Gasteiger partial charge < -0.3 is 9.84 Å². The Balaban J connectivity index is 2.32. The highest BCUT2D eigenvalue weighted by Gasteiger charge is 2.40. The molecule has 0 aromatic rings. The first-order chi connectivity index (χ1) is 6.30. The van der Waals surface area contributed by atoms with E-state index in [4.69, 9.17) is 9.84 Å². The molecule has 1 saturated carbocycles. The molecule has 2 bridgehead atoms. The number of allylic oxidation sites excluding steroid dienone is 1. The van der Waals surface area contributed by atoms with Crippen molar-refractivity contribution in [3.8, 4) is 0 Å². The molecule has 0 saturated heterocycles. The van der Waals surface area contributed by atoms with Crippen LogP contribution in [0.2, 0.25) is 0 Å². The van der Waals surface area contributed by atoms with Crippen LogP contribution in [0, 0.1) is 5.92 Å². The maximum absolute atomic E-state index is 8.90. The van der Waals surface area contributed by atoms with Gasteiger partial charge in [-0.2, -0.15) is 0 Å². The number of aliphatic hydroxyl groups is 1. The van der Waals surface area contributed by atoms with Crippen molar-refractivity contribution in [2.75, 3.05) is 13.7 Å². The number of methoxy groups -OCH3 is 1. The van der Waals surface area contributed by atoms with Crippen molar-refractivity contribution < 1.29 is 9.84 Å². The van der Waals surface area contributed by atoms with E-state index in [2.05, 4.69) is 12.2 Å². The molecule has 0 aliphatic heterocycles. The second-order valence-electron chi connectivity index (χ2n) is 3.87. The lowest BCUT2D eigenvalue weighted by Gasteiger charge is -2.43. The molecule has 0 spiro atoms. The van der Waals surface area contributed by atoms with E-state index in [0.717, 1.165) is 12.8 Å². The highest BCUT2D eigenvalue weighted by atomic mass is 16.5. The number of hydrogen-bond donors (Lipinski definition) is 1. The molecular formula is C11H16O2. The molecule has 3 aliphatic rings. The Morgan fingerprint density at radius 2 is 2.62 bits per heavy atom. The lowest BCUT2D eigenvalue weighted by atomic mass is 9.69. The number of rotatable bonds is 2. The Morgan fingerprint density at radius 1 is 1.77 bits per heavy atom. The fourth-order valence-electron chi connectivity index (χ4n) is 2.43. The maximum atomic E-state index is 8.90. The quantitative estimate of drug-likeness (QED) is 0.655. The molecule has 2 heteroatoms. The van der Waals surface area contributed by atoms with Gasteiger partial charge in [-0.05, 0) is 30.8 Å². The fourth-order valence-corrected chi connectivity index (χ4v) is 2.43. The molecule has 2 atom stereocenters. The third-order valence-corrected chi connectivity index (χ3v) is 3.25. The van der Waals surface area contributed by atoms with Gasteiger partial charge in [-0.15, -0.1) is 0 Å². The summed E-state index contributed by atoms with van der Waals surface area (Å²) in [4.78, 5) is 0. The molecule has 1 N–H and O–H groups in total. The van der Waals surface area contributed by atoms with Crippen LogP contribution in [0.5, 0.6) is 0 Å². The molecule has 72 valence electrons. The Kier molecular flexibility index (Phi) is 2.26. The van der Waals surface area contributed by atoms with Gasteiger partial charge in [-0.25, -0.2) is 0 Å². The van der Waals surface area contributed by atoms with Crippen LogP contribution in [0.25, 0.3) is 0 Å². The zero-order valence-electron chi connectivity index (χ0n) is 7.99. The SMILES string of the molecule is COC12C=CC(CC1)C/C2=C\CO. The van der Waals surface area contributed by atoms with Crippen LogP contribution in [-0.2, 0) is 4.74 Å². The smallest absolute Gasteiger partial charge is 0.107 e. The van der Waals surface area contributed by atoms with Crippen molar-refractivity contribution in [2.45, 2.75) is 24.9 Å². The molecule has 0 heterocycles. The molecule has 0 aromatic heterocycles. The van der Waals surface area contributed by atoms with Gasteiger partial charge >= 0.3 is 0 Å². The summed E-state index contributed by atoms with van der Waals surface area (Å²) in [5.41, 5.74) is 1.08. The van der Waals surface area contributed by atoms with Crippen molar-refractivity contribution in [1.82, 2.24) is 0 Å². The Labute approximate surface area is 78.9 Å². The largest absolute Gasteiger partial charge is 0.392 e. The summed E-state index contributed by atoms with van der Waals surface area (Å²) in [6.07, 6.45) is 9.65. The molecule has 2 unspecified atom stereocenters. The van der Waals surface area contributed by atoms with Crippen molar-refractivity contribution in [2.24, 2.45) is 5.92 Å². The minimum atomic E-state index is -0.183. The summed E-state index contributed by atoms with van der Waals surface area (Å²) < 4.78 is 5.56. The zero-order chi connectivity index (χ0) is 9.31. The lowest BCUT2D eigenvalue weighted by Crippen LogP contribution is -2.40. The molecular weight excluding hydrogens is 164 g/mol. The Hall–Kier alpha value is -0.600. The van der Waals surface area contributed by atoms with Crippen LogP contribution in [0.1, 0.15) is 19.3 Å². The first-order valence-electron chi connectivity index (χ1n) is 4.85. The Morgan fingerprint density at radius 3 is 3.15 bits per heavy atom. The zero-order valence-corrected chi connectivity index (χ0v) is 7.99. The van der Waals surface area contributed by atoms with E-state index in [9.17, 15) is 0 Å². The van der Waals surface area contributed by atoms with Gasteiger partial charge in [-0.3, -0.25) is 0 Å². The first-order valence-corrected chi connectivity index (χ1v) is 4.85. The second-order valence-corrected chi connectivity index (χ2v) is 3.87. The van der Waals surface area contributed by atoms with E-state index < -0.39 is 0 Å². The van der Waals surface area contributed by atoms with Gasteiger partial charge in [0.1, 0.15) is 5.60 Å². The summed E-state index contributed by atoms with van der Waals surface area (Å²) >= 11 is 0. The molecule has 1 fully saturated rings. The van der Waals surface area contributed by atoms with Gasteiger partial charge in [0, 0.05) is 7.11 Å². The minimum Gasteiger partial charge on any atom is -0.392 e. The van der Waals surface area contributed by atoms with Gasteiger partial charge in [0.05, 0.1) is 6.61 Å².